The maximum atomic E-state index is 2.36. The van der Waals surface area contributed by atoms with E-state index in [2.05, 4.69) is 133 Å². The Morgan fingerprint density at radius 1 is 0.515 bits per heavy atom. The highest BCUT2D eigenvalue weighted by molar-refractivity contribution is 6.10. The van der Waals surface area contributed by atoms with E-state index in [4.69, 9.17) is 0 Å². The van der Waals surface area contributed by atoms with Crippen molar-refractivity contribution in [2.75, 3.05) is 0 Å². The number of aryl methyl sites for hydroxylation is 1. The van der Waals surface area contributed by atoms with Gasteiger partial charge in [0.15, 0.2) is 0 Å². The van der Waals surface area contributed by atoms with Gasteiger partial charge in [-0.05, 0) is 65.9 Å². The van der Waals surface area contributed by atoms with Crippen molar-refractivity contribution >= 4 is 21.8 Å². The average Bonchev–Trinajstić information content (AvgIpc) is 3.20. The predicted octanol–water partition coefficient (Wildman–Crippen LogP) is 8.35. The second-order valence-electron chi connectivity index (χ2n) is 8.78. The van der Waals surface area contributed by atoms with E-state index < -0.39 is 0 Å². The summed E-state index contributed by atoms with van der Waals surface area (Å²) in [7, 11) is 0. The quantitative estimate of drug-likeness (QED) is 0.268. The zero-order chi connectivity index (χ0) is 22.2. The van der Waals surface area contributed by atoms with E-state index in [1.54, 1.807) is 0 Å². The summed E-state index contributed by atoms with van der Waals surface area (Å²) in [5.74, 6) is 0. The van der Waals surface area contributed by atoms with Crippen molar-refractivity contribution < 1.29 is 0 Å². The fourth-order valence-electron chi connectivity index (χ4n) is 4.76. The summed E-state index contributed by atoms with van der Waals surface area (Å²) in [6.45, 7) is 2.13. The molecule has 6 aromatic rings. The van der Waals surface area contributed by atoms with Crippen LogP contribution in [0.2, 0.25) is 0 Å². The summed E-state index contributed by atoms with van der Waals surface area (Å²) < 4.78 is 2.36. The van der Waals surface area contributed by atoms with E-state index in [-0.39, 0.29) is 0 Å². The number of nitrogens with zero attached hydrogens (tertiary/aromatic N) is 1. The van der Waals surface area contributed by atoms with E-state index in [9.17, 15) is 0 Å². The third-order valence-corrected chi connectivity index (χ3v) is 6.50. The van der Waals surface area contributed by atoms with Gasteiger partial charge in [0.05, 0.1) is 11.0 Å². The number of para-hydroxylation sites is 2. The monoisotopic (exact) mass is 423 g/mol. The van der Waals surface area contributed by atoms with Crippen LogP contribution in [0.3, 0.4) is 0 Å². The third kappa shape index (κ3) is 3.62. The Morgan fingerprint density at radius 3 is 1.88 bits per heavy atom. The molecule has 5 aromatic carbocycles. The van der Waals surface area contributed by atoms with Crippen LogP contribution in [0, 0.1) is 6.92 Å². The molecule has 33 heavy (non-hydrogen) atoms. The molecule has 1 heteroatoms. The Kier molecular flexibility index (Phi) is 4.81. The van der Waals surface area contributed by atoms with Gasteiger partial charge in [-0.25, -0.2) is 0 Å². The number of hydrogen-bond acceptors (Lipinski definition) is 0. The molecule has 6 rings (SSSR count). The molecule has 1 heterocycles. The molecule has 0 aliphatic carbocycles. The van der Waals surface area contributed by atoms with Crippen LogP contribution < -0.4 is 0 Å². The molecule has 0 saturated heterocycles. The molecule has 0 amide bonds. The summed E-state index contributed by atoms with van der Waals surface area (Å²) >= 11 is 0. The highest BCUT2D eigenvalue weighted by Gasteiger charge is 2.12. The molecule has 0 bridgehead atoms. The highest BCUT2D eigenvalue weighted by Crippen LogP contribution is 2.34. The van der Waals surface area contributed by atoms with Gasteiger partial charge in [-0.3, -0.25) is 0 Å². The molecule has 0 saturated carbocycles. The van der Waals surface area contributed by atoms with Gasteiger partial charge in [0.25, 0.3) is 0 Å². The zero-order valence-corrected chi connectivity index (χ0v) is 18.7. The van der Waals surface area contributed by atoms with E-state index in [0.29, 0.717) is 0 Å². The highest BCUT2D eigenvalue weighted by atomic mass is 15.0. The van der Waals surface area contributed by atoms with Crippen molar-refractivity contribution in [3.8, 4) is 16.8 Å². The SMILES string of the molecule is Cc1ccc(Cc2ccc(-c3ccc4c(c3)c3ccccc3n4-c3ccccc3)cc2)cc1. The summed E-state index contributed by atoms with van der Waals surface area (Å²) in [6.07, 6.45) is 0.962. The molecule has 0 radical (unpaired) electrons. The van der Waals surface area contributed by atoms with Crippen molar-refractivity contribution in [3.63, 3.8) is 0 Å². The van der Waals surface area contributed by atoms with E-state index in [0.717, 1.165) is 6.42 Å². The lowest BCUT2D eigenvalue weighted by molar-refractivity contribution is 1.18. The van der Waals surface area contributed by atoms with Gasteiger partial charge in [-0.15, -0.1) is 0 Å². The van der Waals surface area contributed by atoms with Crippen LogP contribution in [0.5, 0.6) is 0 Å². The minimum Gasteiger partial charge on any atom is -0.309 e. The molecule has 0 aliphatic rings. The standard InChI is InChI=1S/C32H25N/c1-23-11-13-24(14-12-23)21-25-15-17-26(18-16-25)27-19-20-32-30(22-27)29-9-5-6-10-31(29)33(32)28-7-3-2-4-8-28/h2-20,22H,21H2,1H3. The number of aromatic nitrogens is 1. The van der Waals surface area contributed by atoms with E-state index >= 15 is 0 Å². The Balaban J connectivity index is 1.40. The van der Waals surface area contributed by atoms with E-state index in [1.165, 1.54) is 55.3 Å². The van der Waals surface area contributed by atoms with Crippen molar-refractivity contribution in [2.24, 2.45) is 0 Å². The largest absolute Gasteiger partial charge is 0.309 e. The Hall–Kier alpha value is -4.10. The van der Waals surface area contributed by atoms with Gasteiger partial charge in [-0.2, -0.15) is 0 Å². The second-order valence-corrected chi connectivity index (χ2v) is 8.78. The van der Waals surface area contributed by atoms with Crippen LogP contribution in [0.25, 0.3) is 38.6 Å². The van der Waals surface area contributed by atoms with Gasteiger partial charge in [0.2, 0.25) is 0 Å². The van der Waals surface area contributed by atoms with Crippen LogP contribution in [0.1, 0.15) is 16.7 Å². The summed E-state index contributed by atoms with van der Waals surface area (Å²) in [6, 6.07) is 44.0. The maximum absolute atomic E-state index is 2.36. The van der Waals surface area contributed by atoms with Crippen molar-refractivity contribution in [1.29, 1.82) is 0 Å². The van der Waals surface area contributed by atoms with Crippen molar-refractivity contribution in [3.05, 3.63) is 138 Å². The first kappa shape index (κ1) is 19.6. The van der Waals surface area contributed by atoms with Gasteiger partial charge >= 0.3 is 0 Å². The normalized spacial score (nSPS) is 11.3. The van der Waals surface area contributed by atoms with Gasteiger partial charge < -0.3 is 4.57 Å². The number of fused-ring (bicyclic) bond motifs is 3. The van der Waals surface area contributed by atoms with Gasteiger partial charge in [0, 0.05) is 16.5 Å². The summed E-state index contributed by atoms with van der Waals surface area (Å²) in [5, 5.41) is 2.57. The van der Waals surface area contributed by atoms with Crippen LogP contribution in [-0.2, 0) is 6.42 Å². The molecule has 0 N–H and O–H groups in total. The Labute approximate surface area is 194 Å². The minimum absolute atomic E-state index is 0.962. The first-order valence-electron chi connectivity index (χ1n) is 11.5. The molecule has 0 atom stereocenters. The summed E-state index contributed by atoms with van der Waals surface area (Å²) in [4.78, 5) is 0. The number of hydrogen-bond donors (Lipinski definition) is 0. The van der Waals surface area contributed by atoms with Crippen molar-refractivity contribution in [2.45, 2.75) is 13.3 Å². The maximum Gasteiger partial charge on any atom is 0.0541 e. The predicted molar refractivity (Wildman–Crippen MR) is 140 cm³/mol. The molecule has 0 aliphatic heterocycles. The zero-order valence-electron chi connectivity index (χ0n) is 18.7. The van der Waals surface area contributed by atoms with Gasteiger partial charge in [0.1, 0.15) is 0 Å². The van der Waals surface area contributed by atoms with Crippen LogP contribution in [-0.4, -0.2) is 4.57 Å². The fourth-order valence-corrected chi connectivity index (χ4v) is 4.76. The lowest BCUT2D eigenvalue weighted by Gasteiger charge is -2.08. The topological polar surface area (TPSA) is 4.93 Å². The first-order chi connectivity index (χ1) is 16.3. The summed E-state index contributed by atoms with van der Waals surface area (Å²) in [5.41, 5.74) is 10.2. The third-order valence-electron chi connectivity index (χ3n) is 6.50. The molecule has 0 fully saturated rings. The molecule has 1 aromatic heterocycles. The average molecular weight is 424 g/mol. The second kappa shape index (κ2) is 8.11. The Bertz CT molecular complexity index is 1550. The lowest BCUT2D eigenvalue weighted by atomic mass is 9.99. The molecule has 0 unspecified atom stereocenters. The Morgan fingerprint density at radius 2 is 1.12 bits per heavy atom. The molecule has 158 valence electrons. The van der Waals surface area contributed by atoms with Crippen molar-refractivity contribution in [1.82, 2.24) is 4.57 Å². The number of benzene rings is 5. The first-order valence-corrected chi connectivity index (χ1v) is 11.5. The van der Waals surface area contributed by atoms with Crippen LogP contribution in [0.4, 0.5) is 0 Å². The molecular weight excluding hydrogens is 398 g/mol. The van der Waals surface area contributed by atoms with Gasteiger partial charge in [-0.1, -0.05) is 96.6 Å². The number of rotatable bonds is 4. The fraction of sp³-hybridized carbons (Fsp3) is 0.0625. The molecule has 1 nitrogen and oxygen atoms in total. The van der Waals surface area contributed by atoms with E-state index in [1.807, 2.05) is 0 Å². The van der Waals surface area contributed by atoms with Crippen LogP contribution >= 0.6 is 0 Å². The molecule has 0 spiro atoms. The van der Waals surface area contributed by atoms with Crippen LogP contribution in [0.15, 0.2) is 121 Å². The lowest BCUT2D eigenvalue weighted by Crippen LogP contribution is -1.92. The molecular formula is C32H25N. The minimum atomic E-state index is 0.962. The smallest absolute Gasteiger partial charge is 0.0541 e.